The van der Waals surface area contributed by atoms with E-state index in [1.807, 2.05) is 6.08 Å². The Morgan fingerprint density at radius 2 is 1.77 bits per heavy atom. The molecule has 1 aromatic heterocycles. The van der Waals surface area contributed by atoms with Crippen molar-refractivity contribution in [3.63, 3.8) is 0 Å². The first-order valence-electron chi connectivity index (χ1n) is 19.8. The Bertz CT molecular complexity index is 2030. The maximum Gasteiger partial charge on any atom is 0.408 e. The minimum atomic E-state index is -4.08. The van der Waals surface area contributed by atoms with Gasteiger partial charge in [0.1, 0.15) is 29.8 Å². The van der Waals surface area contributed by atoms with E-state index in [2.05, 4.69) is 20.3 Å². The Kier molecular flexibility index (Phi) is 10.8. The van der Waals surface area contributed by atoms with E-state index in [9.17, 15) is 27.6 Å². The van der Waals surface area contributed by atoms with Crippen LogP contribution in [0.25, 0.3) is 10.9 Å². The molecule has 3 aliphatic heterocycles. The van der Waals surface area contributed by atoms with Gasteiger partial charge >= 0.3 is 6.09 Å². The van der Waals surface area contributed by atoms with Crippen LogP contribution in [0.5, 0.6) is 5.75 Å². The van der Waals surface area contributed by atoms with Gasteiger partial charge in [-0.05, 0) is 77.7 Å². The number of halogens is 2. The van der Waals surface area contributed by atoms with Crippen LogP contribution in [0.4, 0.5) is 13.6 Å². The molecule has 5 aliphatic rings. The minimum absolute atomic E-state index is 0.125. The van der Waals surface area contributed by atoms with Crippen LogP contribution in [0.15, 0.2) is 36.4 Å². The molecule has 16 heteroatoms. The summed E-state index contributed by atoms with van der Waals surface area (Å²) < 4.78 is 72.7. The van der Waals surface area contributed by atoms with Crippen molar-refractivity contribution in [2.75, 3.05) is 6.54 Å². The lowest BCUT2D eigenvalue weighted by molar-refractivity contribution is -0.141. The van der Waals surface area contributed by atoms with Crippen LogP contribution in [0.3, 0.4) is 0 Å². The van der Waals surface area contributed by atoms with Gasteiger partial charge in [0.05, 0.1) is 34.5 Å². The van der Waals surface area contributed by atoms with Gasteiger partial charge in [0, 0.05) is 17.7 Å². The van der Waals surface area contributed by atoms with E-state index in [0.717, 1.165) is 17.7 Å². The van der Waals surface area contributed by atoms with Gasteiger partial charge in [-0.1, -0.05) is 50.1 Å². The highest BCUT2D eigenvalue weighted by Crippen LogP contribution is 2.54. The van der Waals surface area contributed by atoms with Crippen molar-refractivity contribution >= 4 is 44.7 Å². The number of nitrogens with one attached hydrogen (secondary N) is 3. The summed E-state index contributed by atoms with van der Waals surface area (Å²) in [5.74, 6) is -6.75. The molecule has 1 saturated heterocycles. The van der Waals surface area contributed by atoms with Crippen molar-refractivity contribution in [2.24, 2.45) is 5.92 Å². The number of aryl methyl sites for hydroxylation is 1. The number of allylic oxidation sites excluding steroid dienone is 1. The van der Waals surface area contributed by atoms with E-state index in [1.54, 1.807) is 44.2 Å². The molecular formula is C40H51F2N5O8S. The second-order valence-corrected chi connectivity index (χ2v) is 18.8. The van der Waals surface area contributed by atoms with E-state index in [0.29, 0.717) is 56.9 Å². The lowest BCUT2D eigenvalue weighted by Crippen LogP contribution is -2.58. The maximum atomic E-state index is 16.6. The number of aromatic nitrogens is 1. The summed E-state index contributed by atoms with van der Waals surface area (Å²) in [6.07, 6.45) is 8.06. The van der Waals surface area contributed by atoms with Crippen LogP contribution in [0.2, 0.25) is 0 Å². The molecule has 0 bridgehead atoms. The van der Waals surface area contributed by atoms with Gasteiger partial charge in [0.2, 0.25) is 21.8 Å². The average Bonchev–Trinajstić information content (AvgIpc) is 3.52. The highest BCUT2D eigenvalue weighted by atomic mass is 32.2. The first kappa shape index (κ1) is 39.9. The first-order valence-corrected chi connectivity index (χ1v) is 21.3. The van der Waals surface area contributed by atoms with E-state index in [4.69, 9.17) is 9.47 Å². The van der Waals surface area contributed by atoms with Crippen LogP contribution in [0.1, 0.15) is 109 Å². The maximum absolute atomic E-state index is 16.6. The zero-order valence-corrected chi connectivity index (χ0v) is 32.9. The summed E-state index contributed by atoms with van der Waals surface area (Å²) in [4.78, 5) is 61.8. The summed E-state index contributed by atoms with van der Waals surface area (Å²) >= 11 is 0. The Morgan fingerprint density at radius 3 is 2.50 bits per heavy atom. The number of ether oxygens (including phenoxy) is 2. The molecule has 5 atom stereocenters. The molecule has 56 heavy (non-hydrogen) atoms. The van der Waals surface area contributed by atoms with E-state index < -0.39 is 87.1 Å². The molecule has 1 aromatic carbocycles. The second-order valence-electron chi connectivity index (χ2n) is 16.6. The predicted molar refractivity (Wildman–Crippen MR) is 202 cm³/mol. The summed E-state index contributed by atoms with van der Waals surface area (Å²) in [6.45, 7) is 4.34. The van der Waals surface area contributed by atoms with Gasteiger partial charge < -0.3 is 25.0 Å². The number of para-hydroxylation sites is 1. The number of carbonyl (C=O) groups excluding carboxylic acids is 4. The van der Waals surface area contributed by atoms with Crippen LogP contribution in [-0.4, -0.2) is 83.2 Å². The summed E-state index contributed by atoms with van der Waals surface area (Å²) in [5, 5.41) is 5.64. The van der Waals surface area contributed by atoms with Gasteiger partial charge in [0.25, 0.3) is 11.8 Å². The fraction of sp³-hybridized carbons (Fsp3) is 0.625. The Hall–Kier alpha value is -4.34. The van der Waals surface area contributed by atoms with Crippen molar-refractivity contribution < 1.29 is 45.9 Å². The van der Waals surface area contributed by atoms with Crippen LogP contribution in [0, 0.1) is 12.8 Å². The fourth-order valence-electron chi connectivity index (χ4n) is 8.62. The van der Waals surface area contributed by atoms with E-state index in [-0.39, 0.29) is 41.3 Å². The number of alkyl carbamates (subject to hydrolysis) is 1. The molecule has 2 aliphatic carbocycles. The highest BCUT2D eigenvalue weighted by Gasteiger charge is 2.60. The number of hydrogen-bond acceptors (Lipinski definition) is 9. The summed E-state index contributed by atoms with van der Waals surface area (Å²) in [6, 6.07) is 2.56. The Morgan fingerprint density at radius 1 is 1.05 bits per heavy atom. The first-order chi connectivity index (χ1) is 26.5. The average molecular weight is 800 g/mol. The second kappa shape index (κ2) is 15.2. The number of benzene rings is 1. The standard InChI is InChI=1S/C40H51F2N5O8S/c1-24-13-7-5-4-6-8-18-29(44-37(51)54-26-14-9-10-15-26)36(50)47-23-39(21-30(47)34(48)45-32(24)35(49)46-56(52,53)38(3)19-20-38)22-40(41,42)31-27-16-11-12-17-28(27)43-25(2)33(31)55-39/h7,11-13,16-17,24,26,29-30,32H,4-6,8-10,14-15,18-23H2,1-3H3,(H,44,51)(H,45,48)(H,46,49)/b13-7-/t24-,29-,30-,32?,39-/m0/s1. The molecule has 3 N–H and O–H groups in total. The van der Waals surface area contributed by atoms with E-state index in [1.165, 1.54) is 6.92 Å². The smallest absolute Gasteiger partial charge is 0.408 e. The van der Waals surface area contributed by atoms with Crippen LogP contribution >= 0.6 is 0 Å². The molecule has 0 radical (unpaired) electrons. The predicted octanol–water partition coefficient (Wildman–Crippen LogP) is 5.43. The molecule has 1 unspecified atom stereocenters. The van der Waals surface area contributed by atoms with Gasteiger partial charge in [-0.2, -0.15) is 0 Å². The normalized spacial score (nSPS) is 29.9. The van der Waals surface area contributed by atoms with Crippen molar-refractivity contribution in [3.05, 3.63) is 47.7 Å². The fourth-order valence-corrected chi connectivity index (χ4v) is 9.89. The number of amides is 4. The van der Waals surface area contributed by atoms with Gasteiger partial charge in [-0.3, -0.25) is 19.1 Å². The lowest BCUT2D eigenvalue weighted by atomic mass is 9.84. The molecule has 4 amide bonds. The van der Waals surface area contributed by atoms with Crippen molar-refractivity contribution in [1.82, 2.24) is 25.2 Å². The number of fused-ring (bicyclic) bond motifs is 4. The minimum Gasteiger partial charge on any atom is -0.483 e. The lowest BCUT2D eigenvalue weighted by Gasteiger charge is -2.40. The molecule has 2 saturated carbocycles. The third kappa shape index (κ3) is 7.94. The number of hydrogen-bond donors (Lipinski definition) is 3. The monoisotopic (exact) mass is 799 g/mol. The largest absolute Gasteiger partial charge is 0.483 e. The molecular weight excluding hydrogens is 749 g/mol. The molecule has 4 heterocycles. The number of sulfonamides is 1. The third-order valence-corrected chi connectivity index (χ3v) is 14.3. The molecule has 2 aromatic rings. The SMILES string of the molecule is Cc1nc2ccccc2c2c1O[C@@]1(C[C@H]3C(=O)NC(C(=O)NS(=O)(=O)C4(C)CC4)[C@@H](C)/C=C\CCCCC[C@H](NC(=O)OC4CCCC4)C(=O)N3C1)CC2(F)F. The Balaban J connectivity index is 1.25. The molecule has 3 fully saturated rings. The zero-order valence-electron chi connectivity index (χ0n) is 32.1. The quantitative estimate of drug-likeness (QED) is 0.334. The number of alkyl halides is 2. The zero-order chi connectivity index (χ0) is 40.0. The number of carbonyl (C=O) groups is 4. The molecule has 1 spiro atoms. The third-order valence-electron chi connectivity index (χ3n) is 12.1. The van der Waals surface area contributed by atoms with Gasteiger partial charge in [0.15, 0.2) is 5.75 Å². The Labute approximate surface area is 325 Å². The highest BCUT2D eigenvalue weighted by molar-refractivity contribution is 7.91. The van der Waals surface area contributed by atoms with Gasteiger partial charge in [-0.15, -0.1) is 0 Å². The van der Waals surface area contributed by atoms with Crippen molar-refractivity contribution in [1.29, 1.82) is 0 Å². The topological polar surface area (TPSA) is 173 Å². The molecule has 7 rings (SSSR count). The van der Waals surface area contributed by atoms with E-state index >= 15 is 8.78 Å². The van der Waals surface area contributed by atoms with Crippen LogP contribution in [-0.2, 0) is 35.1 Å². The molecule has 304 valence electrons. The molecule has 13 nitrogen and oxygen atoms in total. The van der Waals surface area contributed by atoms with Crippen LogP contribution < -0.4 is 20.1 Å². The van der Waals surface area contributed by atoms with Gasteiger partial charge in [-0.25, -0.2) is 27.0 Å². The number of rotatable bonds is 5. The van der Waals surface area contributed by atoms with Crippen molar-refractivity contribution in [3.8, 4) is 5.75 Å². The number of nitrogens with zero attached hydrogens (tertiary/aromatic N) is 2. The van der Waals surface area contributed by atoms with Crippen molar-refractivity contribution in [2.45, 2.75) is 145 Å². The number of pyridine rings is 1. The summed E-state index contributed by atoms with van der Waals surface area (Å²) in [5.41, 5.74) is -1.49. The summed E-state index contributed by atoms with van der Waals surface area (Å²) in [7, 11) is -4.08.